The van der Waals surface area contributed by atoms with E-state index in [4.69, 9.17) is 5.73 Å². The van der Waals surface area contributed by atoms with Gasteiger partial charge in [0.05, 0.1) is 5.69 Å². The van der Waals surface area contributed by atoms with Gasteiger partial charge in [-0.05, 0) is 73.3 Å². The van der Waals surface area contributed by atoms with E-state index in [0.717, 1.165) is 18.5 Å². The fourth-order valence-electron chi connectivity index (χ4n) is 3.57. The van der Waals surface area contributed by atoms with E-state index in [1.54, 1.807) is 5.56 Å². The molecule has 0 atom stereocenters. The van der Waals surface area contributed by atoms with Crippen LogP contribution in [-0.2, 0) is 25.7 Å². The number of nitrogen functional groups attached to an aromatic ring is 1. The van der Waals surface area contributed by atoms with E-state index in [1.165, 1.54) is 54.4 Å². The molecule has 0 unspecified atom stereocenters. The Morgan fingerprint density at radius 2 is 1.50 bits per heavy atom. The summed E-state index contributed by atoms with van der Waals surface area (Å²) in [5, 5.41) is 0. The number of benzene rings is 1. The van der Waals surface area contributed by atoms with Gasteiger partial charge in [0, 0.05) is 11.8 Å². The molecule has 0 saturated carbocycles. The van der Waals surface area contributed by atoms with Gasteiger partial charge in [-0.1, -0.05) is 6.07 Å². The van der Waals surface area contributed by atoms with Gasteiger partial charge in [0.15, 0.2) is 0 Å². The molecule has 0 radical (unpaired) electrons. The zero-order valence-electron chi connectivity index (χ0n) is 11.7. The third-order valence-corrected chi connectivity index (χ3v) is 4.60. The van der Waals surface area contributed by atoms with Crippen LogP contribution in [0.3, 0.4) is 0 Å². The standard InChI is InChI=1S/C17H19N3/c18-17-19-10-14-7-3-6-13-8-11-4-1-2-5-12(11)9-15(13)16(14)20-17/h8-10H,1-7H2,(H2,18,19,20). The lowest BCUT2D eigenvalue weighted by Crippen LogP contribution is -2.05. The SMILES string of the molecule is Nc1ncc2c(n1)-c1cc3c(cc1CCC2)CCCC3. The predicted molar refractivity (Wildman–Crippen MR) is 80.5 cm³/mol. The molecule has 1 aromatic heterocycles. The van der Waals surface area contributed by atoms with Crippen LogP contribution in [0.4, 0.5) is 5.95 Å². The van der Waals surface area contributed by atoms with E-state index in [0.29, 0.717) is 5.95 Å². The van der Waals surface area contributed by atoms with Crippen LogP contribution in [0.15, 0.2) is 18.3 Å². The van der Waals surface area contributed by atoms with Crippen LogP contribution >= 0.6 is 0 Å². The molecule has 1 aromatic carbocycles. The normalized spacial score (nSPS) is 16.8. The number of hydrogen-bond acceptors (Lipinski definition) is 3. The van der Waals surface area contributed by atoms with Crippen LogP contribution < -0.4 is 5.73 Å². The fraction of sp³-hybridized carbons (Fsp3) is 0.412. The van der Waals surface area contributed by atoms with Crippen LogP contribution in [0.5, 0.6) is 0 Å². The molecule has 2 aromatic rings. The lowest BCUT2D eigenvalue weighted by molar-refractivity contribution is 0.684. The van der Waals surface area contributed by atoms with Gasteiger partial charge in [-0.2, -0.15) is 0 Å². The molecule has 0 spiro atoms. The van der Waals surface area contributed by atoms with Crippen molar-refractivity contribution in [1.82, 2.24) is 9.97 Å². The van der Waals surface area contributed by atoms with Gasteiger partial charge in [-0.3, -0.25) is 0 Å². The molecule has 4 rings (SSSR count). The first-order valence-corrected chi connectivity index (χ1v) is 7.58. The number of anilines is 1. The molecule has 2 aliphatic rings. The zero-order valence-corrected chi connectivity index (χ0v) is 11.7. The molecule has 3 heteroatoms. The van der Waals surface area contributed by atoms with Crippen molar-refractivity contribution in [3.8, 4) is 11.3 Å². The van der Waals surface area contributed by atoms with Gasteiger partial charge >= 0.3 is 0 Å². The molecule has 1 heterocycles. The number of nitrogens with two attached hydrogens (primary N) is 1. The van der Waals surface area contributed by atoms with Crippen molar-refractivity contribution in [2.24, 2.45) is 0 Å². The van der Waals surface area contributed by atoms with Crippen molar-refractivity contribution in [3.05, 3.63) is 40.6 Å². The Balaban J connectivity index is 1.94. The van der Waals surface area contributed by atoms with Crippen LogP contribution in [0.1, 0.15) is 41.5 Å². The van der Waals surface area contributed by atoms with Crippen molar-refractivity contribution in [2.45, 2.75) is 44.9 Å². The third kappa shape index (κ3) is 1.89. The summed E-state index contributed by atoms with van der Waals surface area (Å²) in [5.41, 5.74) is 13.9. The first-order valence-electron chi connectivity index (χ1n) is 7.58. The molecule has 102 valence electrons. The van der Waals surface area contributed by atoms with E-state index >= 15 is 0 Å². The highest BCUT2D eigenvalue weighted by Crippen LogP contribution is 2.35. The monoisotopic (exact) mass is 265 g/mol. The van der Waals surface area contributed by atoms with Crippen molar-refractivity contribution in [3.63, 3.8) is 0 Å². The van der Waals surface area contributed by atoms with E-state index in [-0.39, 0.29) is 0 Å². The van der Waals surface area contributed by atoms with Gasteiger partial charge in [0.25, 0.3) is 0 Å². The maximum absolute atomic E-state index is 5.81. The molecule has 0 aliphatic heterocycles. The molecule has 0 saturated heterocycles. The summed E-state index contributed by atoms with van der Waals surface area (Å²) in [5.74, 6) is 0.384. The molecule has 0 bridgehead atoms. The topological polar surface area (TPSA) is 51.8 Å². The largest absolute Gasteiger partial charge is 0.368 e. The summed E-state index contributed by atoms with van der Waals surface area (Å²) in [4.78, 5) is 8.69. The van der Waals surface area contributed by atoms with Gasteiger partial charge in [0.2, 0.25) is 5.95 Å². The number of aromatic nitrogens is 2. The Hall–Kier alpha value is -1.90. The molecule has 2 aliphatic carbocycles. The summed E-state index contributed by atoms with van der Waals surface area (Å²) in [6, 6.07) is 4.80. The van der Waals surface area contributed by atoms with Crippen molar-refractivity contribution in [1.29, 1.82) is 0 Å². The second-order valence-corrected chi connectivity index (χ2v) is 5.94. The average molecular weight is 265 g/mol. The molecule has 3 nitrogen and oxygen atoms in total. The number of hydrogen-bond donors (Lipinski definition) is 1. The summed E-state index contributed by atoms with van der Waals surface area (Å²) in [7, 11) is 0. The van der Waals surface area contributed by atoms with Gasteiger partial charge < -0.3 is 5.73 Å². The molecule has 0 fully saturated rings. The Morgan fingerprint density at radius 3 is 2.35 bits per heavy atom. The molecular formula is C17H19N3. The van der Waals surface area contributed by atoms with E-state index < -0.39 is 0 Å². The van der Waals surface area contributed by atoms with Crippen LogP contribution in [0, 0.1) is 0 Å². The second-order valence-electron chi connectivity index (χ2n) is 5.94. The zero-order chi connectivity index (χ0) is 13.5. The average Bonchev–Trinajstić information content (AvgIpc) is 2.64. The molecule has 20 heavy (non-hydrogen) atoms. The van der Waals surface area contributed by atoms with Crippen LogP contribution in [0.25, 0.3) is 11.3 Å². The summed E-state index contributed by atoms with van der Waals surface area (Å²) in [6.07, 6.45) is 10.4. The smallest absolute Gasteiger partial charge is 0.220 e. The predicted octanol–water partition coefficient (Wildman–Crippen LogP) is 3.09. The van der Waals surface area contributed by atoms with Crippen molar-refractivity contribution >= 4 is 5.95 Å². The van der Waals surface area contributed by atoms with Crippen LogP contribution in [-0.4, -0.2) is 9.97 Å². The fourth-order valence-corrected chi connectivity index (χ4v) is 3.57. The lowest BCUT2D eigenvalue weighted by atomic mass is 9.87. The Morgan fingerprint density at radius 1 is 0.800 bits per heavy atom. The number of aryl methyl sites for hydroxylation is 4. The first-order chi connectivity index (χ1) is 9.81. The highest BCUT2D eigenvalue weighted by atomic mass is 15.0. The minimum absolute atomic E-state index is 0.384. The van der Waals surface area contributed by atoms with Gasteiger partial charge in [-0.15, -0.1) is 0 Å². The maximum Gasteiger partial charge on any atom is 0.220 e. The number of rotatable bonds is 0. The highest BCUT2D eigenvalue weighted by Gasteiger charge is 2.20. The Kier molecular flexibility index (Phi) is 2.72. The molecule has 2 N–H and O–H groups in total. The van der Waals surface area contributed by atoms with E-state index in [2.05, 4.69) is 22.1 Å². The van der Waals surface area contributed by atoms with Gasteiger partial charge in [0.1, 0.15) is 0 Å². The Labute approximate surface area is 119 Å². The minimum atomic E-state index is 0.384. The third-order valence-electron chi connectivity index (χ3n) is 4.60. The van der Waals surface area contributed by atoms with Crippen molar-refractivity contribution < 1.29 is 0 Å². The number of fused-ring (bicyclic) bond motifs is 4. The summed E-state index contributed by atoms with van der Waals surface area (Å²) in [6.45, 7) is 0. The highest BCUT2D eigenvalue weighted by molar-refractivity contribution is 5.70. The maximum atomic E-state index is 5.81. The lowest BCUT2D eigenvalue weighted by Gasteiger charge is -2.19. The van der Waals surface area contributed by atoms with E-state index in [1.807, 2.05) is 6.20 Å². The quantitative estimate of drug-likeness (QED) is 0.796. The second kappa shape index (κ2) is 4.58. The van der Waals surface area contributed by atoms with E-state index in [9.17, 15) is 0 Å². The van der Waals surface area contributed by atoms with Gasteiger partial charge in [-0.25, -0.2) is 9.97 Å². The molecular weight excluding hydrogens is 246 g/mol. The van der Waals surface area contributed by atoms with Crippen molar-refractivity contribution in [2.75, 3.05) is 5.73 Å². The number of nitrogens with zero attached hydrogens (tertiary/aromatic N) is 2. The summed E-state index contributed by atoms with van der Waals surface area (Å²) < 4.78 is 0. The van der Waals surface area contributed by atoms with Crippen LogP contribution in [0.2, 0.25) is 0 Å². The molecule has 0 amide bonds. The first kappa shape index (κ1) is 11.9. The Bertz CT molecular complexity index is 676. The summed E-state index contributed by atoms with van der Waals surface area (Å²) >= 11 is 0. The minimum Gasteiger partial charge on any atom is -0.368 e.